The number of carbonyl (C=O) groups is 1. The highest BCUT2D eigenvalue weighted by atomic mass is 16.6. The summed E-state index contributed by atoms with van der Waals surface area (Å²) in [5.41, 5.74) is 1.63. The summed E-state index contributed by atoms with van der Waals surface area (Å²) in [4.78, 5) is 12.3. The third-order valence-corrected chi connectivity index (χ3v) is 3.84. The van der Waals surface area contributed by atoms with Gasteiger partial charge in [0.05, 0.1) is 17.9 Å². The Kier molecular flexibility index (Phi) is 4.59. The van der Waals surface area contributed by atoms with Crippen LogP contribution in [-0.2, 0) is 7.05 Å². The van der Waals surface area contributed by atoms with E-state index in [0.717, 1.165) is 17.1 Å². The van der Waals surface area contributed by atoms with Crippen LogP contribution in [0.4, 0.5) is 10.5 Å². The minimum Gasteiger partial charge on any atom is -0.486 e. The fourth-order valence-electron chi connectivity index (χ4n) is 2.68. The minimum atomic E-state index is -0.267. The number of amides is 2. The number of urea groups is 1. The molecule has 3 rings (SSSR count). The van der Waals surface area contributed by atoms with Gasteiger partial charge in [-0.2, -0.15) is 5.10 Å². The predicted molar refractivity (Wildman–Crippen MR) is 90.4 cm³/mol. The van der Waals surface area contributed by atoms with Gasteiger partial charge in [0.1, 0.15) is 13.2 Å². The summed E-state index contributed by atoms with van der Waals surface area (Å²) in [6.45, 7) is 5.22. The average molecular weight is 330 g/mol. The molecule has 1 unspecified atom stereocenters. The van der Waals surface area contributed by atoms with Gasteiger partial charge < -0.3 is 20.1 Å². The Balaban J connectivity index is 1.73. The molecule has 0 spiro atoms. The van der Waals surface area contributed by atoms with Crippen LogP contribution in [0.2, 0.25) is 0 Å². The number of nitrogens with one attached hydrogen (secondary N) is 2. The van der Waals surface area contributed by atoms with Gasteiger partial charge >= 0.3 is 6.03 Å². The van der Waals surface area contributed by atoms with Gasteiger partial charge in [0.15, 0.2) is 11.5 Å². The van der Waals surface area contributed by atoms with E-state index >= 15 is 0 Å². The van der Waals surface area contributed by atoms with Crippen molar-refractivity contribution in [2.24, 2.45) is 13.0 Å². The van der Waals surface area contributed by atoms with Gasteiger partial charge in [0, 0.05) is 13.2 Å². The normalized spacial score (nSPS) is 14.3. The molecule has 0 saturated heterocycles. The molecule has 2 N–H and O–H groups in total. The van der Waals surface area contributed by atoms with E-state index in [1.165, 1.54) is 0 Å². The average Bonchev–Trinajstić information content (AvgIpc) is 2.96. The Hall–Kier alpha value is -2.70. The lowest BCUT2D eigenvalue weighted by Crippen LogP contribution is -2.35. The summed E-state index contributed by atoms with van der Waals surface area (Å²) in [6.07, 6.45) is 3.35. The SMILES string of the molecule is CC(C)C(NC(=O)Nc1cnn(C)c1)c1ccc2c(c1)OCCO2. The monoisotopic (exact) mass is 330 g/mol. The molecule has 1 atom stereocenters. The van der Waals surface area contributed by atoms with Crippen LogP contribution in [0.1, 0.15) is 25.5 Å². The first kappa shape index (κ1) is 16.2. The van der Waals surface area contributed by atoms with Crippen molar-refractivity contribution < 1.29 is 14.3 Å². The second-order valence-corrected chi connectivity index (χ2v) is 6.13. The zero-order chi connectivity index (χ0) is 17.1. The van der Waals surface area contributed by atoms with E-state index in [-0.39, 0.29) is 18.0 Å². The number of ether oxygens (including phenoxy) is 2. The predicted octanol–water partition coefficient (Wildman–Crippen LogP) is 2.71. The summed E-state index contributed by atoms with van der Waals surface area (Å²) in [5, 5.41) is 9.84. The van der Waals surface area contributed by atoms with Crippen LogP contribution in [0.25, 0.3) is 0 Å². The molecule has 2 aromatic rings. The van der Waals surface area contributed by atoms with Crippen LogP contribution in [0, 0.1) is 5.92 Å². The minimum absolute atomic E-state index is 0.141. The molecule has 1 aromatic carbocycles. The van der Waals surface area contributed by atoms with Crippen LogP contribution in [0.15, 0.2) is 30.6 Å². The zero-order valence-electron chi connectivity index (χ0n) is 14.1. The van der Waals surface area contributed by atoms with E-state index in [1.54, 1.807) is 24.1 Å². The number of aromatic nitrogens is 2. The lowest BCUT2D eigenvalue weighted by atomic mass is 9.95. The van der Waals surface area contributed by atoms with Gasteiger partial charge in [-0.25, -0.2) is 4.79 Å². The second kappa shape index (κ2) is 6.82. The molecule has 7 nitrogen and oxygen atoms in total. The molecule has 0 aliphatic carbocycles. The van der Waals surface area contributed by atoms with Crippen molar-refractivity contribution in [3.63, 3.8) is 0 Å². The number of hydrogen-bond donors (Lipinski definition) is 2. The number of nitrogens with zero attached hydrogens (tertiary/aromatic N) is 2. The first-order valence-electron chi connectivity index (χ1n) is 7.98. The van der Waals surface area contributed by atoms with E-state index in [1.807, 2.05) is 18.2 Å². The van der Waals surface area contributed by atoms with Gasteiger partial charge in [0.2, 0.25) is 0 Å². The van der Waals surface area contributed by atoms with Crippen molar-refractivity contribution in [3.05, 3.63) is 36.2 Å². The smallest absolute Gasteiger partial charge is 0.319 e. The highest BCUT2D eigenvalue weighted by Gasteiger charge is 2.21. The molecule has 1 aromatic heterocycles. The highest BCUT2D eigenvalue weighted by molar-refractivity contribution is 5.89. The topological polar surface area (TPSA) is 77.4 Å². The van der Waals surface area contributed by atoms with E-state index in [9.17, 15) is 4.79 Å². The van der Waals surface area contributed by atoms with Gasteiger partial charge in [0.25, 0.3) is 0 Å². The largest absolute Gasteiger partial charge is 0.486 e. The number of anilines is 1. The molecule has 0 fully saturated rings. The van der Waals surface area contributed by atoms with Gasteiger partial charge in [-0.3, -0.25) is 4.68 Å². The molecule has 1 aliphatic rings. The number of fused-ring (bicyclic) bond motifs is 1. The lowest BCUT2D eigenvalue weighted by Gasteiger charge is -2.25. The van der Waals surface area contributed by atoms with Gasteiger partial charge in [-0.05, 0) is 23.6 Å². The summed E-state index contributed by atoms with van der Waals surface area (Å²) < 4.78 is 12.8. The fourth-order valence-corrected chi connectivity index (χ4v) is 2.68. The molecule has 0 bridgehead atoms. The zero-order valence-corrected chi connectivity index (χ0v) is 14.1. The molecule has 24 heavy (non-hydrogen) atoms. The number of carbonyl (C=O) groups excluding carboxylic acids is 1. The van der Waals surface area contributed by atoms with Gasteiger partial charge in [-0.1, -0.05) is 19.9 Å². The van der Waals surface area contributed by atoms with E-state index < -0.39 is 0 Å². The first-order valence-corrected chi connectivity index (χ1v) is 7.98. The van der Waals surface area contributed by atoms with Crippen LogP contribution in [-0.4, -0.2) is 29.0 Å². The highest BCUT2D eigenvalue weighted by Crippen LogP contribution is 2.34. The molecule has 1 aliphatic heterocycles. The van der Waals surface area contributed by atoms with Gasteiger partial charge in [-0.15, -0.1) is 0 Å². The van der Waals surface area contributed by atoms with Crippen LogP contribution < -0.4 is 20.1 Å². The summed E-state index contributed by atoms with van der Waals surface area (Å²) in [6, 6.07) is 5.38. The van der Waals surface area contributed by atoms with E-state index in [0.29, 0.717) is 18.9 Å². The number of aryl methyl sites for hydroxylation is 1. The quantitative estimate of drug-likeness (QED) is 0.903. The second-order valence-electron chi connectivity index (χ2n) is 6.13. The summed E-state index contributed by atoms with van der Waals surface area (Å²) >= 11 is 0. The van der Waals surface area contributed by atoms with E-state index in [4.69, 9.17) is 9.47 Å². The third-order valence-electron chi connectivity index (χ3n) is 3.84. The molecule has 2 heterocycles. The fraction of sp³-hybridized carbons (Fsp3) is 0.412. The maximum absolute atomic E-state index is 12.3. The number of benzene rings is 1. The molecule has 0 saturated carbocycles. The van der Waals surface area contributed by atoms with E-state index in [2.05, 4.69) is 29.6 Å². The van der Waals surface area contributed by atoms with Crippen molar-refractivity contribution in [1.29, 1.82) is 0 Å². The molecular formula is C17H22N4O3. The molecule has 0 radical (unpaired) electrons. The Morgan fingerprint density at radius 1 is 1.25 bits per heavy atom. The van der Waals surface area contributed by atoms with Crippen LogP contribution >= 0.6 is 0 Å². The maximum Gasteiger partial charge on any atom is 0.319 e. The molecule has 128 valence electrons. The Labute approximate surface area is 140 Å². The lowest BCUT2D eigenvalue weighted by molar-refractivity contribution is 0.171. The summed E-state index contributed by atoms with van der Waals surface area (Å²) in [7, 11) is 1.80. The Morgan fingerprint density at radius 2 is 2.00 bits per heavy atom. The van der Waals surface area contributed by atoms with Crippen LogP contribution in [0.5, 0.6) is 11.5 Å². The number of hydrogen-bond acceptors (Lipinski definition) is 4. The van der Waals surface area contributed by atoms with Crippen LogP contribution in [0.3, 0.4) is 0 Å². The Morgan fingerprint density at radius 3 is 2.67 bits per heavy atom. The van der Waals surface area contributed by atoms with Crippen molar-refractivity contribution in [3.8, 4) is 11.5 Å². The number of rotatable bonds is 4. The molecular weight excluding hydrogens is 308 g/mol. The molecule has 2 amide bonds. The maximum atomic E-state index is 12.3. The molecule has 7 heteroatoms. The van der Waals surface area contributed by atoms with Crippen molar-refractivity contribution in [1.82, 2.24) is 15.1 Å². The standard InChI is InChI=1S/C17H22N4O3/c1-11(2)16(20-17(22)19-13-9-18-21(3)10-13)12-4-5-14-15(8-12)24-7-6-23-14/h4-5,8-11,16H,6-7H2,1-3H3,(H2,19,20,22). The first-order chi connectivity index (χ1) is 11.5. The third kappa shape index (κ3) is 3.61. The van der Waals surface area contributed by atoms with Crippen molar-refractivity contribution in [2.75, 3.05) is 18.5 Å². The Bertz CT molecular complexity index is 726. The summed E-state index contributed by atoms with van der Waals surface area (Å²) in [5.74, 6) is 1.68. The van der Waals surface area contributed by atoms with Crippen molar-refractivity contribution >= 4 is 11.7 Å². The van der Waals surface area contributed by atoms with Crippen molar-refractivity contribution in [2.45, 2.75) is 19.9 Å².